The summed E-state index contributed by atoms with van der Waals surface area (Å²) in [4.78, 5) is 33.0. The lowest BCUT2D eigenvalue weighted by Gasteiger charge is -2.39. The second kappa shape index (κ2) is 8.91. The Morgan fingerprint density at radius 1 is 0.848 bits per heavy atom. The van der Waals surface area contributed by atoms with E-state index in [1.165, 1.54) is 5.56 Å². The van der Waals surface area contributed by atoms with Crippen molar-refractivity contribution in [1.29, 1.82) is 0 Å². The molecule has 0 saturated carbocycles. The number of halogens is 1. The molecule has 1 fully saturated rings. The summed E-state index contributed by atoms with van der Waals surface area (Å²) in [6.45, 7) is 4.78. The average molecular weight is 460 g/mol. The van der Waals surface area contributed by atoms with Crippen molar-refractivity contribution in [2.75, 3.05) is 36.0 Å². The van der Waals surface area contributed by atoms with Crippen LogP contribution < -0.4 is 9.80 Å². The monoisotopic (exact) mass is 459 g/mol. The molecule has 168 valence electrons. The summed E-state index contributed by atoms with van der Waals surface area (Å²) in [7, 11) is 0. The third kappa shape index (κ3) is 4.09. The Hall–Kier alpha value is -3.31. The molecule has 2 heterocycles. The molecule has 5 rings (SSSR count). The Bertz CT molecular complexity index is 1190. The van der Waals surface area contributed by atoms with Crippen LogP contribution in [0.3, 0.4) is 0 Å². The summed E-state index contributed by atoms with van der Waals surface area (Å²) >= 11 is 6.21. The lowest BCUT2D eigenvalue weighted by molar-refractivity contribution is -0.132. The van der Waals surface area contributed by atoms with E-state index in [9.17, 15) is 9.59 Å². The standard InChI is InChI=1S/C27H26ClN3O2/c1-19-11-12-22(28)18-24(19)29-13-15-30(16-14-29)27(33)25-17-21-9-5-6-10-23(21)31(25)26(32)20-7-3-2-4-8-20/h2-12,18,25H,13-17H2,1H3/t25-/m0/s1. The van der Waals surface area contributed by atoms with Crippen molar-refractivity contribution in [1.82, 2.24) is 4.90 Å². The predicted octanol–water partition coefficient (Wildman–Crippen LogP) is 4.57. The first kappa shape index (κ1) is 21.5. The van der Waals surface area contributed by atoms with Crippen LogP contribution in [0.5, 0.6) is 0 Å². The number of hydrogen-bond donors (Lipinski definition) is 0. The molecule has 5 nitrogen and oxygen atoms in total. The van der Waals surface area contributed by atoms with E-state index < -0.39 is 6.04 Å². The van der Waals surface area contributed by atoms with Crippen LogP contribution in [-0.4, -0.2) is 48.9 Å². The number of anilines is 2. The molecule has 0 aliphatic carbocycles. The van der Waals surface area contributed by atoms with Crippen molar-refractivity contribution in [2.45, 2.75) is 19.4 Å². The summed E-state index contributed by atoms with van der Waals surface area (Å²) in [5.41, 5.74) is 4.74. The lowest BCUT2D eigenvalue weighted by atomic mass is 10.1. The highest BCUT2D eigenvalue weighted by molar-refractivity contribution is 6.30. The van der Waals surface area contributed by atoms with Crippen molar-refractivity contribution in [2.24, 2.45) is 0 Å². The summed E-state index contributed by atoms with van der Waals surface area (Å²) < 4.78 is 0. The van der Waals surface area contributed by atoms with Gasteiger partial charge < -0.3 is 9.80 Å². The van der Waals surface area contributed by atoms with Gasteiger partial charge in [0.1, 0.15) is 6.04 Å². The lowest BCUT2D eigenvalue weighted by Crippen LogP contribution is -2.55. The molecule has 1 saturated heterocycles. The Balaban J connectivity index is 1.35. The third-order valence-corrected chi connectivity index (χ3v) is 6.84. The first-order valence-corrected chi connectivity index (χ1v) is 11.7. The van der Waals surface area contributed by atoms with Gasteiger partial charge in [0, 0.05) is 54.6 Å². The molecule has 33 heavy (non-hydrogen) atoms. The summed E-state index contributed by atoms with van der Waals surface area (Å²) in [6, 6.07) is 22.4. The third-order valence-electron chi connectivity index (χ3n) is 6.60. The highest BCUT2D eigenvalue weighted by atomic mass is 35.5. The zero-order chi connectivity index (χ0) is 22.9. The predicted molar refractivity (Wildman–Crippen MR) is 132 cm³/mol. The smallest absolute Gasteiger partial charge is 0.259 e. The summed E-state index contributed by atoms with van der Waals surface area (Å²) in [5.74, 6) is -0.120. The van der Waals surface area contributed by atoms with E-state index in [0.717, 1.165) is 30.0 Å². The van der Waals surface area contributed by atoms with E-state index in [0.29, 0.717) is 30.1 Å². The number of benzene rings is 3. The number of amides is 2. The first-order chi connectivity index (χ1) is 16.0. The number of carbonyl (C=O) groups is 2. The van der Waals surface area contributed by atoms with E-state index in [2.05, 4.69) is 11.8 Å². The maximum atomic E-state index is 13.7. The zero-order valence-electron chi connectivity index (χ0n) is 18.6. The maximum Gasteiger partial charge on any atom is 0.259 e. The molecular weight excluding hydrogens is 434 g/mol. The Morgan fingerprint density at radius 3 is 2.30 bits per heavy atom. The van der Waals surface area contributed by atoms with E-state index in [-0.39, 0.29) is 11.8 Å². The molecule has 0 N–H and O–H groups in total. The van der Waals surface area contributed by atoms with Crippen LogP contribution in [0, 0.1) is 6.92 Å². The minimum atomic E-state index is -0.519. The van der Waals surface area contributed by atoms with Crippen LogP contribution in [0.1, 0.15) is 21.5 Å². The number of para-hydroxylation sites is 1. The van der Waals surface area contributed by atoms with Gasteiger partial charge in [0.25, 0.3) is 5.91 Å². The van der Waals surface area contributed by atoms with Gasteiger partial charge in [-0.1, -0.05) is 54.1 Å². The number of nitrogens with zero attached hydrogens (tertiary/aromatic N) is 3. The van der Waals surface area contributed by atoms with Gasteiger partial charge >= 0.3 is 0 Å². The molecule has 2 aliphatic rings. The fourth-order valence-electron chi connectivity index (χ4n) is 4.86. The number of carbonyl (C=O) groups excluding carboxylic acids is 2. The average Bonchev–Trinajstić information content (AvgIpc) is 3.25. The number of aryl methyl sites for hydroxylation is 1. The molecule has 0 spiro atoms. The molecule has 0 aromatic heterocycles. The van der Waals surface area contributed by atoms with Gasteiger partial charge in [0.15, 0.2) is 0 Å². The minimum absolute atomic E-state index is 0.0120. The van der Waals surface area contributed by atoms with Gasteiger partial charge in [-0.2, -0.15) is 0 Å². The molecule has 6 heteroatoms. The zero-order valence-corrected chi connectivity index (χ0v) is 19.3. The largest absolute Gasteiger partial charge is 0.368 e. The molecule has 2 amide bonds. The van der Waals surface area contributed by atoms with Gasteiger partial charge in [-0.25, -0.2) is 0 Å². The topological polar surface area (TPSA) is 43.9 Å². The number of fused-ring (bicyclic) bond motifs is 1. The SMILES string of the molecule is Cc1ccc(Cl)cc1N1CCN(C(=O)[C@@H]2Cc3ccccc3N2C(=O)c2ccccc2)CC1. The first-order valence-electron chi connectivity index (χ1n) is 11.3. The molecule has 0 bridgehead atoms. The second-order valence-corrected chi connectivity index (χ2v) is 9.07. The van der Waals surface area contributed by atoms with Crippen molar-refractivity contribution in [3.05, 3.63) is 94.5 Å². The van der Waals surface area contributed by atoms with Gasteiger partial charge in [0.05, 0.1) is 0 Å². The van der Waals surface area contributed by atoms with Crippen molar-refractivity contribution >= 4 is 34.8 Å². The van der Waals surface area contributed by atoms with Crippen molar-refractivity contribution < 1.29 is 9.59 Å². The van der Waals surface area contributed by atoms with Crippen LogP contribution in [0.2, 0.25) is 5.02 Å². The summed E-state index contributed by atoms with van der Waals surface area (Å²) in [5, 5.41) is 0.716. The van der Waals surface area contributed by atoms with E-state index in [1.54, 1.807) is 17.0 Å². The van der Waals surface area contributed by atoms with E-state index in [1.807, 2.05) is 65.6 Å². The van der Waals surface area contributed by atoms with Crippen LogP contribution in [-0.2, 0) is 11.2 Å². The van der Waals surface area contributed by atoms with E-state index >= 15 is 0 Å². The van der Waals surface area contributed by atoms with Crippen LogP contribution in [0.15, 0.2) is 72.8 Å². The number of piperazine rings is 1. The van der Waals surface area contributed by atoms with Crippen molar-refractivity contribution in [3.8, 4) is 0 Å². The van der Waals surface area contributed by atoms with E-state index in [4.69, 9.17) is 11.6 Å². The van der Waals surface area contributed by atoms with Gasteiger partial charge in [0.2, 0.25) is 5.91 Å². The molecular formula is C27H26ClN3O2. The number of hydrogen-bond acceptors (Lipinski definition) is 3. The van der Waals surface area contributed by atoms with Crippen LogP contribution in [0.4, 0.5) is 11.4 Å². The van der Waals surface area contributed by atoms with Crippen LogP contribution >= 0.6 is 11.6 Å². The quantitative estimate of drug-likeness (QED) is 0.576. The Kier molecular flexibility index (Phi) is 5.81. The minimum Gasteiger partial charge on any atom is -0.368 e. The molecule has 3 aromatic rings. The summed E-state index contributed by atoms with van der Waals surface area (Å²) in [6.07, 6.45) is 0.543. The molecule has 0 unspecified atom stereocenters. The maximum absolute atomic E-state index is 13.7. The number of rotatable bonds is 3. The highest BCUT2D eigenvalue weighted by Gasteiger charge is 2.41. The molecule has 2 aliphatic heterocycles. The highest BCUT2D eigenvalue weighted by Crippen LogP contribution is 2.34. The fraction of sp³-hybridized carbons (Fsp3) is 0.259. The normalized spacial score (nSPS) is 17.8. The fourth-order valence-corrected chi connectivity index (χ4v) is 5.02. The second-order valence-electron chi connectivity index (χ2n) is 8.63. The molecule has 3 aromatic carbocycles. The Labute approximate surface area is 199 Å². The van der Waals surface area contributed by atoms with Crippen molar-refractivity contribution in [3.63, 3.8) is 0 Å². The molecule has 0 radical (unpaired) electrons. The molecule has 1 atom stereocenters. The van der Waals surface area contributed by atoms with Crippen LogP contribution in [0.25, 0.3) is 0 Å². The van der Waals surface area contributed by atoms with Gasteiger partial charge in [-0.05, 0) is 48.4 Å². The van der Waals surface area contributed by atoms with Gasteiger partial charge in [-0.3, -0.25) is 14.5 Å². The Morgan fingerprint density at radius 2 is 1.55 bits per heavy atom. The van der Waals surface area contributed by atoms with Gasteiger partial charge in [-0.15, -0.1) is 0 Å².